The van der Waals surface area contributed by atoms with E-state index in [4.69, 9.17) is 4.74 Å². The third-order valence-corrected chi connectivity index (χ3v) is 2.28. The Morgan fingerprint density at radius 3 is 2.94 bits per heavy atom. The summed E-state index contributed by atoms with van der Waals surface area (Å²) in [6, 6.07) is 9.41. The first-order valence-corrected chi connectivity index (χ1v) is 5.78. The van der Waals surface area contributed by atoms with Crippen molar-refractivity contribution in [3.63, 3.8) is 0 Å². The molecule has 3 nitrogen and oxygen atoms in total. The number of benzene rings is 1. The normalized spacial score (nSPS) is 12.4. The molecule has 4 heteroatoms. The molecule has 0 N–H and O–H groups in total. The van der Waals surface area contributed by atoms with Crippen LogP contribution in [0.2, 0.25) is 0 Å². The molecule has 1 atom stereocenters. The summed E-state index contributed by atoms with van der Waals surface area (Å²) >= 11 is 3.16. The minimum atomic E-state index is -0.373. The van der Waals surface area contributed by atoms with E-state index in [2.05, 4.69) is 20.9 Å². The molecule has 1 heterocycles. The molecule has 0 spiro atoms. The zero-order valence-electron chi connectivity index (χ0n) is 8.68. The number of ether oxygens (including phenoxy) is 1. The Morgan fingerprint density at radius 1 is 1.44 bits per heavy atom. The van der Waals surface area contributed by atoms with Crippen molar-refractivity contribution in [2.45, 2.75) is 11.9 Å². The van der Waals surface area contributed by atoms with Gasteiger partial charge in [0.1, 0.15) is 0 Å². The van der Waals surface area contributed by atoms with E-state index >= 15 is 0 Å². The fourth-order valence-electron chi connectivity index (χ4n) is 1.40. The van der Waals surface area contributed by atoms with Gasteiger partial charge in [0.15, 0.2) is 5.01 Å². The fraction of sp³-hybridized carbons (Fsp3) is 0.167. The molecule has 0 amide bonds. The molecule has 1 unspecified atom stereocenters. The highest BCUT2D eigenvalue weighted by Gasteiger charge is 2.10. The van der Waals surface area contributed by atoms with E-state index in [0.717, 1.165) is 10.9 Å². The summed E-state index contributed by atoms with van der Waals surface area (Å²) in [6.07, 6.45) is 1.53. The number of rotatable bonds is 2. The van der Waals surface area contributed by atoms with Crippen LogP contribution in [0.3, 0.4) is 0 Å². The number of carbonyl (C=O) groups excluding carboxylic acids is 1. The van der Waals surface area contributed by atoms with Gasteiger partial charge in [0.25, 0.3) is 0 Å². The quantitative estimate of drug-likeness (QED) is 0.626. The van der Waals surface area contributed by atoms with E-state index in [1.807, 2.05) is 24.3 Å². The maximum atomic E-state index is 11.6. The standard InChI is InChI=1S/C12H10BrNO2/c1-8(13)16-12(15)10-6-9-4-2-3-5-11(9)14-7-10/h2-8H,1H3. The Balaban J connectivity index is 2.35. The Labute approximate surface area is 102 Å². The molecule has 2 aromatic rings. The van der Waals surface area contributed by atoms with Gasteiger partial charge in [-0.25, -0.2) is 4.79 Å². The number of fused-ring (bicyclic) bond motifs is 1. The van der Waals surface area contributed by atoms with Gasteiger partial charge in [-0.05, 0) is 35.0 Å². The lowest BCUT2D eigenvalue weighted by molar-refractivity contribution is 0.0490. The predicted octanol–water partition coefficient (Wildman–Crippen LogP) is 3.13. The molecular formula is C12H10BrNO2. The molecule has 0 fully saturated rings. The van der Waals surface area contributed by atoms with Crippen molar-refractivity contribution >= 4 is 32.8 Å². The average Bonchev–Trinajstić information content (AvgIpc) is 2.27. The number of nitrogens with zero attached hydrogens (tertiary/aromatic N) is 1. The zero-order valence-corrected chi connectivity index (χ0v) is 10.3. The molecule has 0 radical (unpaired) electrons. The van der Waals surface area contributed by atoms with Crippen molar-refractivity contribution in [3.8, 4) is 0 Å². The summed E-state index contributed by atoms with van der Waals surface area (Å²) in [7, 11) is 0. The lowest BCUT2D eigenvalue weighted by atomic mass is 10.1. The molecule has 0 saturated heterocycles. The Morgan fingerprint density at radius 2 is 2.19 bits per heavy atom. The number of carbonyl (C=O) groups is 1. The summed E-state index contributed by atoms with van der Waals surface area (Å²) in [6.45, 7) is 1.74. The van der Waals surface area contributed by atoms with Gasteiger partial charge < -0.3 is 4.74 Å². The molecule has 0 bridgehead atoms. The highest BCUT2D eigenvalue weighted by Crippen LogP contribution is 2.14. The van der Waals surface area contributed by atoms with E-state index < -0.39 is 0 Å². The second kappa shape index (κ2) is 4.61. The molecule has 0 aliphatic heterocycles. The summed E-state index contributed by atoms with van der Waals surface area (Å²) in [4.78, 5) is 15.8. The number of hydrogen-bond acceptors (Lipinski definition) is 3. The Kier molecular flexibility index (Phi) is 3.19. The molecule has 82 valence electrons. The Bertz CT molecular complexity index is 525. The second-order valence-electron chi connectivity index (χ2n) is 3.37. The number of esters is 1. The number of pyridine rings is 1. The topological polar surface area (TPSA) is 39.2 Å². The number of hydrogen-bond donors (Lipinski definition) is 0. The number of para-hydroxylation sites is 1. The largest absolute Gasteiger partial charge is 0.447 e. The highest BCUT2D eigenvalue weighted by atomic mass is 79.9. The van der Waals surface area contributed by atoms with Crippen LogP contribution in [-0.2, 0) is 4.74 Å². The van der Waals surface area contributed by atoms with Crippen molar-refractivity contribution in [2.24, 2.45) is 0 Å². The lowest BCUT2D eigenvalue weighted by Gasteiger charge is -2.06. The van der Waals surface area contributed by atoms with Crippen LogP contribution in [0, 0.1) is 0 Å². The van der Waals surface area contributed by atoms with Gasteiger partial charge >= 0.3 is 5.97 Å². The average molecular weight is 280 g/mol. The molecule has 16 heavy (non-hydrogen) atoms. The van der Waals surface area contributed by atoms with Gasteiger partial charge in [0.05, 0.1) is 11.1 Å². The van der Waals surface area contributed by atoms with Crippen LogP contribution in [0.4, 0.5) is 0 Å². The fourth-order valence-corrected chi connectivity index (χ4v) is 1.57. The molecule has 1 aromatic heterocycles. The van der Waals surface area contributed by atoms with Crippen molar-refractivity contribution in [2.75, 3.05) is 0 Å². The molecule has 1 aromatic carbocycles. The minimum Gasteiger partial charge on any atom is -0.447 e. The Hall–Kier alpha value is -1.42. The summed E-state index contributed by atoms with van der Waals surface area (Å²) in [5, 5.41) is 0.630. The minimum absolute atomic E-state index is 0.300. The van der Waals surface area contributed by atoms with Crippen LogP contribution in [0.1, 0.15) is 17.3 Å². The first-order chi connectivity index (χ1) is 7.66. The second-order valence-corrected chi connectivity index (χ2v) is 4.65. The zero-order chi connectivity index (χ0) is 11.5. The molecule has 0 saturated carbocycles. The number of alkyl halides is 1. The predicted molar refractivity (Wildman–Crippen MR) is 65.5 cm³/mol. The van der Waals surface area contributed by atoms with E-state index in [0.29, 0.717) is 5.56 Å². The van der Waals surface area contributed by atoms with Crippen molar-refractivity contribution in [1.29, 1.82) is 0 Å². The van der Waals surface area contributed by atoms with Crippen LogP contribution in [-0.4, -0.2) is 16.0 Å². The van der Waals surface area contributed by atoms with Crippen molar-refractivity contribution in [3.05, 3.63) is 42.1 Å². The van der Waals surface area contributed by atoms with Crippen LogP contribution < -0.4 is 0 Å². The highest BCUT2D eigenvalue weighted by molar-refractivity contribution is 9.09. The van der Waals surface area contributed by atoms with E-state index in [-0.39, 0.29) is 11.0 Å². The van der Waals surface area contributed by atoms with E-state index in [9.17, 15) is 4.79 Å². The van der Waals surface area contributed by atoms with Gasteiger partial charge in [-0.1, -0.05) is 18.2 Å². The monoisotopic (exact) mass is 279 g/mol. The molecule has 0 aliphatic carbocycles. The van der Waals surface area contributed by atoms with E-state index in [1.165, 1.54) is 6.20 Å². The van der Waals surface area contributed by atoms with Gasteiger partial charge in [-0.15, -0.1) is 0 Å². The SMILES string of the molecule is CC(Br)OC(=O)c1cnc2ccccc2c1. The van der Waals surface area contributed by atoms with E-state index in [1.54, 1.807) is 13.0 Å². The maximum absolute atomic E-state index is 11.6. The first-order valence-electron chi connectivity index (χ1n) is 4.86. The van der Waals surface area contributed by atoms with Crippen LogP contribution in [0.5, 0.6) is 0 Å². The van der Waals surface area contributed by atoms with Gasteiger partial charge in [0, 0.05) is 11.6 Å². The third kappa shape index (κ3) is 2.39. The lowest BCUT2D eigenvalue weighted by Crippen LogP contribution is -2.09. The van der Waals surface area contributed by atoms with Crippen LogP contribution in [0.15, 0.2) is 36.5 Å². The summed E-state index contributed by atoms with van der Waals surface area (Å²) < 4.78 is 5.02. The number of halogens is 1. The van der Waals surface area contributed by atoms with Gasteiger partial charge in [-0.2, -0.15) is 0 Å². The molecule has 2 rings (SSSR count). The van der Waals surface area contributed by atoms with Crippen molar-refractivity contribution < 1.29 is 9.53 Å². The van der Waals surface area contributed by atoms with Crippen molar-refractivity contribution in [1.82, 2.24) is 4.98 Å². The molecule has 0 aliphatic rings. The van der Waals surface area contributed by atoms with Gasteiger partial charge in [-0.3, -0.25) is 4.98 Å². The van der Waals surface area contributed by atoms with Crippen LogP contribution in [0.25, 0.3) is 10.9 Å². The smallest absolute Gasteiger partial charge is 0.340 e. The van der Waals surface area contributed by atoms with Gasteiger partial charge in [0.2, 0.25) is 0 Å². The summed E-state index contributed by atoms with van der Waals surface area (Å²) in [5.74, 6) is -0.373. The maximum Gasteiger partial charge on any atom is 0.340 e. The third-order valence-electron chi connectivity index (χ3n) is 2.10. The summed E-state index contributed by atoms with van der Waals surface area (Å²) in [5.41, 5.74) is 1.33. The van der Waals surface area contributed by atoms with Crippen LogP contribution >= 0.6 is 15.9 Å². The molecular weight excluding hydrogens is 270 g/mol. The first kappa shape index (κ1) is 11.1. The number of aromatic nitrogens is 1.